The van der Waals surface area contributed by atoms with E-state index in [4.69, 9.17) is 4.74 Å². The van der Waals surface area contributed by atoms with Gasteiger partial charge in [0.05, 0.1) is 6.10 Å². The Hall–Kier alpha value is -0.340. The van der Waals surface area contributed by atoms with Crippen molar-refractivity contribution < 1.29 is 24.9 Å². The molecular formula is C15H27NO5S. The molecule has 1 heterocycles. The van der Waals surface area contributed by atoms with Gasteiger partial charge in [0.15, 0.2) is 0 Å². The molecule has 1 aliphatic carbocycles. The first kappa shape index (κ1) is 18.0. The van der Waals surface area contributed by atoms with Crippen LogP contribution in [0, 0.1) is 0 Å². The summed E-state index contributed by atoms with van der Waals surface area (Å²) in [7, 11) is 0. The van der Waals surface area contributed by atoms with E-state index in [2.05, 4.69) is 5.32 Å². The summed E-state index contributed by atoms with van der Waals surface area (Å²) in [5.74, 6) is -0.0169. The molecule has 0 aromatic carbocycles. The van der Waals surface area contributed by atoms with Crippen molar-refractivity contribution in [3.05, 3.63) is 0 Å². The summed E-state index contributed by atoms with van der Waals surface area (Å²) in [5.41, 5.74) is -0.547. The molecule has 7 heteroatoms. The summed E-state index contributed by atoms with van der Waals surface area (Å²) in [6.45, 7) is 3.22. The van der Waals surface area contributed by atoms with Gasteiger partial charge in [0.1, 0.15) is 23.7 Å². The summed E-state index contributed by atoms with van der Waals surface area (Å²) in [4.78, 5) is 11.3. The second-order valence-corrected chi connectivity index (χ2v) is 7.76. The van der Waals surface area contributed by atoms with E-state index in [1.807, 2.05) is 0 Å². The van der Waals surface area contributed by atoms with Gasteiger partial charge in [0.25, 0.3) is 0 Å². The third-order valence-corrected chi connectivity index (χ3v) is 5.89. The third-order valence-electron chi connectivity index (χ3n) is 4.42. The molecule has 0 aromatic heterocycles. The first-order valence-electron chi connectivity index (χ1n) is 8.00. The van der Waals surface area contributed by atoms with E-state index in [9.17, 15) is 20.1 Å². The normalized spacial score (nSPS) is 43.4. The van der Waals surface area contributed by atoms with Crippen molar-refractivity contribution in [2.75, 3.05) is 0 Å². The van der Waals surface area contributed by atoms with Gasteiger partial charge in [-0.25, -0.2) is 0 Å². The van der Waals surface area contributed by atoms with Crippen molar-refractivity contribution in [2.24, 2.45) is 0 Å². The molecule has 6 nitrogen and oxygen atoms in total. The zero-order valence-corrected chi connectivity index (χ0v) is 14.0. The van der Waals surface area contributed by atoms with Crippen LogP contribution >= 0.6 is 11.8 Å². The molecule has 7 atom stereocenters. The molecule has 22 heavy (non-hydrogen) atoms. The van der Waals surface area contributed by atoms with Gasteiger partial charge in [-0.3, -0.25) is 4.79 Å². The molecule has 2 rings (SSSR count). The van der Waals surface area contributed by atoms with Gasteiger partial charge in [0.2, 0.25) is 5.91 Å². The van der Waals surface area contributed by atoms with Crippen LogP contribution in [0.3, 0.4) is 0 Å². The number of hydrogen-bond acceptors (Lipinski definition) is 6. The summed E-state index contributed by atoms with van der Waals surface area (Å²) < 4.78 is 5.66. The first-order chi connectivity index (χ1) is 10.4. The lowest BCUT2D eigenvalue weighted by molar-refractivity contribution is -0.192. The molecule has 4 N–H and O–H groups in total. The Bertz CT molecular complexity index is 383. The number of aliphatic hydroxyl groups is 3. The second-order valence-electron chi connectivity index (χ2n) is 6.36. The molecule has 2 unspecified atom stereocenters. The number of carbonyl (C=O) groups is 1. The molecule has 1 aliphatic heterocycles. The molecule has 1 saturated heterocycles. The quantitative estimate of drug-likeness (QED) is 0.558. The fraction of sp³-hybridized carbons (Fsp3) is 0.933. The number of nitrogens with one attached hydrogen (secondary N) is 1. The summed E-state index contributed by atoms with van der Waals surface area (Å²) in [6.07, 6.45) is 1.12. The van der Waals surface area contributed by atoms with E-state index in [-0.39, 0.29) is 17.2 Å². The Morgan fingerprint density at radius 2 is 1.82 bits per heavy atom. The number of thioether (sulfide) groups is 1. The van der Waals surface area contributed by atoms with Crippen molar-refractivity contribution in [1.29, 1.82) is 0 Å². The summed E-state index contributed by atoms with van der Waals surface area (Å²) in [6, 6.07) is 0.158. The van der Waals surface area contributed by atoms with Crippen LogP contribution in [0.4, 0.5) is 0 Å². The highest BCUT2D eigenvalue weighted by Crippen LogP contribution is 2.36. The molecule has 0 bridgehead atoms. The van der Waals surface area contributed by atoms with Gasteiger partial charge < -0.3 is 25.4 Å². The fourth-order valence-electron chi connectivity index (χ4n) is 3.17. The van der Waals surface area contributed by atoms with Gasteiger partial charge in [-0.05, 0) is 26.2 Å². The lowest BCUT2D eigenvalue weighted by atomic mass is 10.0. The van der Waals surface area contributed by atoms with Crippen molar-refractivity contribution in [3.63, 3.8) is 0 Å². The van der Waals surface area contributed by atoms with Crippen LogP contribution in [0.15, 0.2) is 0 Å². The molecule has 1 amide bonds. The average Bonchev–Trinajstić information content (AvgIpc) is 2.67. The Labute approximate surface area is 135 Å². The Morgan fingerprint density at radius 1 is 1.14 bits per heavy atom. The van der Waals surface area contributed by atoms with E-state index in [1.165, 1.54) is 18.7 Å². The summed E-state index contributed by atoms with van der Waals surface area (Å²) >= 11 is 1.51. The van der Waals surface area contributed by atoms with E-state index < -0.39 is 29.9 Å². The molecular weight excluding hydrogens is 306 g/mol. The smallest absolute Gasteiger partial charge is 0.217 e. The minimum Gasteiger partial charge on any atom is -0.388 e. The standard InChI is InChI=1S/C15H27NO5S/c1-8-12(18)13(19)14(20)15(21-8)22-11-6-4-3-5-10(7-11)16-9(2)17/h8,10-15,18-20H,3-7H2,1-2H3,(H,16,17)/t8-,10?,11?,12+,13+,14-,15-/m0/s1. The number of rotatable bonds is 3. The largest absolute Gasteiger partial charge is 0.388 e. The maximum atomic E-state index is 11.3. The van der Waals surface area contributed by atoms with Crippen LogP contribution in [0.2, 0.25) is 0 Å². The first-order valence-corrected chi connectivity index (χ1v) is 8.95. The molecule has 0 spiro atoms. The molecule has 1 saturated carbocycles. The maximum absolute atomic E-state index is 11.3. The molecule has 2 aliphatic rings. The van der Waals surface area contributed by atoms with Crippen molar-refractivity contribution in [2.45, 2.75) is 87.1 Å². The molecule has 2 fully saturated rings. The SMILES string of the molecule is CC(=O)NC1CCCCC(S[C@@H]2O[C@@H](C)[C@@H](O)[C@@H](O)[C@@H]2O)C1. The van der Waals surface area contributed by atoms with E-state index in [0.29, 0.717) is 0 Å². The lowest BCUT2D eigenvalue weighted by Crippen LogP contribution is -2.55. The Kier molecular flexibility index (Phi) is 6.52. The van der Waals surface area contributed by atoms with Crippen LogP contribution < -0.4 is 5.32 Å². The Balaban J connectivity index is 1.94. The predicted octanol–water partition coefficient (Wildman–Crippen LogP) is 0.384. The number of ether oxygens (including phenoxy) is 1. The number of aliphatic hydroxyl groups excluding tert-OH is 3. The minimum atomic E-state index is -1.18. The minimum absolute atomic E-state index is 0.0169. The van der Waals surface area contributed by atoms with Crippen LogP contribution in [0.5, 0.6) is 0 Å². The van der Waals surface area contributed by atoms with Gasteiger partial charge in [-0.2, -0.15) is 0 Å². The average molecular weight is 333 g/mol. The highest BCUT2D eigenvalue weighted by Gasteiger charge is 2.43. The van der Waals surface area contributed by atoms with Crippen LogP contribution in [-0.2, 0) is 9.53 Å². The van der Waals surface area contributed by atoms with E-state index >= 15 is 0 Å². The topological polar surface area (TPSA) is 99.0 Å². The van der Waals surface area contributed by atoms with Crippen molar-refractivity contribution in [1.82, 2.24) is 5.32 Å². The van der Waals surface area contributed by atoms with Crippen LogP contribution in [0.1, 0.15) is 46.0 Å². The highest BCUT2D eigenvalue weighted by atomic mass is 32.2. The van der Waals surface area contributed by atoms with Crippen molar-refractivity contribution >= 4 is 17.7 Å². The lowest BCUT2D eigenvalue weighted by Gasteiger charge is -2.40. The van der Waals surface area contributed by atoms with Crippen LogP contribution in [-0.4, -0.2) is 62.4 Å². The van der Waals surface area contributed by atoms with Gasteiger partial charge in [-0.15, -0.1) is 11.8 Å². The molecule has 0 aromatic rings. The van der Waals surface area contributed by atoms with Gasteiger partial charge >= 0.3 is 0 Å². The Morgan fingerprint density at radius 3 is 2.50 bits per heavy atom. The van der Waals surface area contributed by atoms with Gasteiger partial charge in [-0.1, -0.05) is 12.8 Å². The van der Waals surface area contributed by atoms with E-state index in [1.54, 1.807) is 6.92 Å². The third kappa shape index (κ3) is 4.58. The number of hydrogen-bond donors (Lipinski definition) is 4. The van der Waals surface area contributed by atoms with Crippen molar-refractivity contribution in [3.8, 4) is 0 Å². The monoisotopic (exact) mass is 333 g/mol. The fourth-order valence-corrected chi connectivity index (χ4v) is 4.76. The maximum Gasteiger partial charge on any atom is 0.217 e. The zero-order valence-electron chi connectivity index (χ0n) is 13.1. The highest BCUT2D eigenvalue weighted by molar-refractivity contribution is 8.00. The molecule has 0 radical (unpaired) electrons. The zero-order chi connectivity index (χ0) is 16.3. The summed E-state index contributed by atoms with van der Waals surface area (Å²) in [5, 5.41) is 33.0. The number of amides is 1. The second kappa shape index (κ2) is 7.97. The molecule has 128 valence electrons. The van der Waals surface area contributed by atoms with E-state index in [0.717, 1.165) is 32.1 Å². The van der Waals surface area contributed by atoms with Crippen LogP contribution in [0.25, 0.3) is 0 Å². The predicted molar refractivity (Wildman–Crippen MR) is 84.4 cm³/mol. The van der Waals surface area contributed by atoms with Gasteiger partial charge in [0, 0.05) is 18.2 Å². The number of carbonyl (C=O) groups excluding carboxylic acids is 1.